The molecule has 2 aliphatic carbocycles. The van der Waals surface area contributed by atoms with Crippen LogP contribution in [0.5, 0.6) is 0 Å². The summed E-state index contributed by atoms with van der Waals surface area (Å²) >= 11 is 0. The zero-order valence-electron chi connectivity index (χ0n) is 11.2. The maximum atomic E-state index is 3.47. The average molecular weight is 237 g/mol. The Kier molecular flexibility index (Phi) is 3.69. The zero-order valence-corrected chi connectivity index (χ0v) is 11.2. The fraction of sp³-hybridized carbons (Fsp3) is 1.00. The van der Waals surface area contributed by atoms with Crippen molar-refractivity contribution in [3.05, 3.63) is 0 Å². The molecule has 0 aromatic heterocycles. The van der Waals surface area contributed by atoms with E-state index in [1.807, 2.05) is 0 Å². The van der Waals surface area contributed by atoms with E-state index in [9.17, 15) is 0 Å². The summed E-state index contributed by atoms with van der Waals surface area (Å²) in [5.41, 5.74) is 0. The lowest BCUT2D eigenvalue weighted by molar-refractivity contribution is 0.0691. The molecule has 3 nitrogen and oxygen atoms in total. The van der Waals surface area contributed by atoms with Crippen molar-refractivity contribution < 1.29 is 0 Å². The second-order valence-corrected chi connectivity index (χ2v) is 6.11. The highest BCUT2D eigenvalue weighted by molar-refractivity contribution is 4.90. The van der Waals surface area contributed by atoms with Crippen LogP contribution in [-0.4, -0.2) is 61.2 Å². The number of piperazine rings is 1. The molecule has 0 bridgehead atoms. The van der Waals surface area contributed by atoms with Gasteiger partial charge in [-0.2, -0.15) is 0 Å². The Balaban J connectivity index is 1.48. The van der Waals surface area contributed by atoms with Crippen LogP contribution < -0.4 is 5.32 Å². The van der Waals surface area contributed by atoms with Gasteiger partial charge in [0.2, 0.25) is 0 Å². The van der Waals surface area contributed by atoms with Crippen LogP contribution in [0.2, 0.25) is 0 Å². The monoisotopic (exact) mass is 237 g/mol. The molecule has 0 aromatic rings. The number of hydrogen-bond donors (Lipinski definition) is 1. The zero-order chi connectivity index (χ0) is 11.7. The molecule has 1 aliphatic heterocycles. The van der Waals surface area contributed by atoms with Crippen molar-refractivity contribution in [2.24, 2.45) is 0 Å². The highest BCUT2D eigenvalue weighted by atomic mass is 15.3. The maximum absolute atomic E-state index is 3.47. The molecule has 1 N–H and O–H groups in total. The summed E-state index contributed by atoms with van der Waals surface area (Å²) in [5, 5.41) is 3.47. The predicted octanol–water partition coefficient (Wildman–Crippen LogP) is 1.30. The summed E-state index contributed by atoms with van der Waals surface area (Å²) in [6, 6.07) is 2.60. The highest BCUT2D eigenvalue weighted by Crippen LogP contribution is 2.29. The SMILES string of the molecule is CN[C@@H]1CCC[C@@H](N2CCN(C3CC3)CC2)C1. The van der Waals surface area contributed by atoms with Gasteiger partial charge in [-0.1, -0.05) is 6.42 Å². The predicted molar refractivity (Wildman–Crippen MR) is 71.3 cm³/mol. The van der Waals surface area contributed by atoms with E-state index in [4.69, 9.17) is 0 Å². The summed E-state index contributed by atoms with van der Waals surface area (Å²) in [6.45, 7) is 5.28. The van der Waals surface area contributed by atoms with Crippen molar-refractivity contribution in [1.29, 1.82) is 0 Å². The molecule has 1 saturated heterocycles. The van der Waals surface area contributed by atoms with Crippen molar-refractivity contribution in [3.8, 4) is 0 Å². The van der Waals surface area contributed by atoms with E-state index in [0.717, 1.165) is 18.1 Å². The lowest BCUT2D eigenvalue weighted by Gasteiger charge is -2.42. The maximum Gasteiger partial charge on any atom is 0.0113 e. The third-order valence-corrected chi connectivity index (χ3v) is 4.98. The Hall–Kier alpha value is -0.120. The molecular formula is C14H27N3. The van der Waals surface area contributed by atoms with Gasteiger partial charge < -0.3 is 5.32 Å². The normalized spacial score (nSPS) is 37.2. The minimum Gasteiger partial charge on any atom is -0.317 e. The minimum atomic E-state index is 0.773. The molecule has 0 unspecified atom stereocenters. The minimum absolute atomic E-state index is 0.773. The molecule has 3 aliphatic rings. The van der Waals surface area contributed by atoms with Crippen LogP contribution in [-0.2, 0) is 0 Å². The molecule has 3 fully saturated rings. The Morgan fingerprint density at radius 1 is 0.824 bits per heavy atom. The molecule has 2 atom stereocenters. The molecule has 0 spiro atoms. The van der Waals surface area contributed by atoms with Gasteiger partial charge in [-0.15, -0.1) is 0 Å². The molecule has 0 amide bonds. The van der Waals surface area contributed by atoms with Gasteiger partial charge in [-0.25, -0.2) is 0 Å². The van der Waals surface area contributed by atoms with Crippen molar-refractivity contribution in [2.75, 3.05) is 33.2 Å². The number of nitrogens with zero attached hydrogens (tertiary/aromatic N) is 2. The Labute approximate surface area is 106 Å². The average Bonchev–Trinajstić information content (AvgIpc) is 3.23. The smallest absolute Gasteiger partial charge is 0.0113 e. The first kappa shape index (κ1) is 11.9. The van der Waals surface area contributed by atoms with Gasteiger partial charge in [0.15, 0.2) is 0 Å². The summed E-state index contributed by atoms with van der Waals surface area (Å²) in [5.74, 6) is 0. The lowest BCUT2D eigenvalue weighted by Crippen LogP contribution is -2.53. The van der Waals surface area contributed by atoms with Crippen LogP contribution >= 0.6 is 0 Å². The summed E-state index contributed by atoms with van der Waals surface area (Å²) in [7, 11) is 2.12. The van der Waals surface area contributed by atoms with Crippen LogP contribution in [0.25, 0.3) is 0 Å². The van der Waals surface area contributed by atoms with E-state index in [1.165, 1.54) is 64.7 Å². The summed E-state index contributed by atoms with van der Waals surface area (Å²) < 4.78 is 0. The topological polar surface area (TPSA) is 18.5 Å². The molecule has 2 saturated carbocycles. The van der Waals surface area contributed by atoms with E-state index in [2.05, 4.69) is 22.2 Å². The third kappa shape index (κ3) is 2.83. The fourth-order valence-electron chi connectivity index (χ4n) is 3.67. The quantitative estimate of drug-likeness (QED) is 0.798. The highest BCUT2D eigenvalue weighted by Gasteiger charge is 2.33. The van der Waals surface area contributed by atoms with Crippen molar-refractivity contribution in [1.82, 2.24) is 15.1 Å². The van der Waals surface area contributed by atoms with Crippen LogP contribution in [0, 0.1) is 0 Å². The van der Waals surface area contributed by atoms with Crippen LogP contribution in [0.3, 0.4) is 0 Å². The Morgan fingerprint density at radius 2 is 1.47 bits per heavy atom. The molecular weight excluding hydrogens is 210 g/mol. The van der Waals surface area contributed by atoms with E-state index in [0.29, 0.717) is 0 Å². The standard InChI is InChI=1S/C14H27N3/c1-15-12-3-2-4-14(11-12)17-9-7-16(8-10-17)13-5-6-13/h12-15H,2-11H2,1H3/t12-,14-/m1/s1. The van der Waals surface area contributed by atoms with E-state index >= 15 is 0 Å². The second kappa shape index (κ2) is 5.25. The van der Waals surface area contributed by atoms with E-state index < -0.39 is 0 Å². The van der Waals surface area contributed by atoms with Gasteiger partial charge in [0, 0.05) is 44.3 Å². The summed E-state index contributed by atoms with van der Waals surface area (Å²) in [4.78, 5) is 5.48. The first-order chi connectivity index (χ1) is 8.36. The second-order valence-electron chi connectivity index (χ2n) is 6.11. The van der Waals surface area contributed by atoms with Gasteiger partial charge in [-0.3, -0.25) is 9.80 Å². The van der Waals surface area contributed by atoms with Gasteiger partial charge in [0.25, 0.3) is 0 Å². The van der Waals surface area contributed by atoms with Crippen LogP contribution in [0.15, 0.2) is 0 Å². The van der Waals surface area contributed by atoms with Gasteiger partial charge in [0.05, 0.1) is 0 Å². The molecule has 1 heterocycles. The van der Waals surface area contributed by atoms with E-state index in [-0.39, 0.29) is 0 Å². The summed E-state index contributed by atoms with van der Waals surface area (Å²) in [6.07, 6.45) is 8.53. The van der Waals surface area contributed by atoms with Gasteiger partial charge in [-0.05, 0) is 39.2 Å². The van der Waals surface area contributed by atoms with Crippen LogP contribution in [0.1, 0.15) is 38.5 Å². The van der Waals surface area contributed by atoms with Gasteiger partial charge >= 0.3 is 0 Å². The molecule has 17 heavy (non-hydrogen) atoms. The first-order valence-electron chi connectivity index (χ1n) is 7.52. The largest absolute Gasteiger partial charge is 0.317 e. The lowest BCUT2D eigenvalue weighted by atomic mass is 9.89. The van der Waals surface area contributed by atoms with Crippen molar-refractivity contribution in [3.63, 3.8) is 0 Å². The third-order valence-electron chi connectivity index (χ3n) is 4.98. The van der Waals surface area contributed by atoms with Crippen LogP contribution in [0.4, 0.5) is 0 Å². The van der Waals surface area contributed by atoms with Gasteiger partial charge in [0.1, 0.15) is 0 Å². The first-order valence-corrected chi connectivity index (χ1v) is 7.52. The molecule has 0 radical (unpaired) electrons. The molecule has 98 valence electrons. The Bertz CT molecular complexity index is 244. The number of hydrogen-bond acceptors (Lipinski definition) is 3. The number of rotatable bonds is 3. The molecule has 0 aromatic carbocycles. The number of nitrogens with one attached hydrogen (secondary N) is 1. The van der Waals surface area contributed by atoms with Crippen molar-refractivity contribution >= 4 is 0 Å². The Morgan fingerprint density at radius 3 is 2.06 bits per heavy atom. The fourth-order valence-corrected chi connectivity index (χ4v) is 3.67. The molecule has 3 heteroatoms. The molecule has 3 rings (SSSR count). The van der Waals surface area contributed by atoms with Crippen molar-refractivity contribution in [2.45, 2.75) is 56.7 Å². The van der Waals surface area contributed by atoms with E-state index in [1.54, 1.807) is 0 Å².